The van der Waals surface area contributed by atoms with E-state index in [1.54, 1.807) is 4.68 Å². The largest absolute Gasteiger partial charge is 0.352 e. The van der Waals surface area contributed by atoms with Crippen molar-refractivity contribution in [3.63, 3.8) is 0 Å². The van der Waals surface area contributed by atoms with Gasteiger partial charge in [-0.3, -0.25) is 9.59 Å². The number of rotatable bonds is 5. The monoisotopic (exact) mass is 379 g/mol. The molecule has 0 bridgehead atoms. The minimum atomic E-state index is -0.624. The summed E-state index contributed by atoms with van der Waals surface area (Å²) in [6, 6.07) is 7.60. The first-order chi connectivity index (χ1) is 13.4. The fraction of sp³-hybridized carbons (Fsp3) is 0.429. The quantitative estimate of drug-likeness (QED) is 0.739. The number of nitrogens with one attached hydrogen (secondary N) is 1. The van der Waals surface area contributed by atoms with E-state index < -0.39 is 6.04 Å². The number of fused-ring (bicyclic) bond motifs is 1. The lowest BCUT2D eigenvalue weighted by atomic mass is 10.2. The van der Waals surface area contributed by atoms with E-state index >= 15 is 0 Å². The second-order valence-corrected chi connectivity index (χ2v) is 7.60. The van der Waals surface area contributed by atoms with Crippen LogP contribution in [-0.2, 0) is 4.79 Å². The molecule has 0 unspecified atom stereocenters. The number of aromatic nitrogens is 4. The first-order valence-electron chi connectivity index (χ1n) is 9.77. The third kappa shape index (κ3) is 3.10. The van der Waals surface area contributed by atoms with Crippen molar-refractivity contribution in [3.8, 4) is 5.69 Å². The van der Waals surface area contributed by atoms with E-state index in [0.717, 1.165) is 35.2 Å². The van der Waals surface area contributed by atoms with Gasteiger partial charge in [-0.15, -0.1) is 0 Å². The highest BCUT2D eigenvalue weighted by atomic mass is 16.2. The summed E-state index contributed by atoms with van der Waals surface area (Å²) in [6.45, 7) is 7.71. The van der Waals surface area contributed by atoms with Gasteiger partial charge in [-0.25, -0.2) is 9.36 Å². The Morgan fingerprint density at radius 1 is 1.18 bits per heavy atom. The second kappa shape index (κ2) is 6.89. The van der Waals surface area contributed by atoms with Crippen LogP contribution in [0.4, 0.5) is 0 Å². The van der Waals surface area contributed by atoms with Crippen LogP contribution in [0.25, 0.3) is 16.6 Å². The summed E-state index contributed by atoms with van der Waals surface area (Å²) >= 11 is 0. The average molecular weight is 379 g/mol. The van der Waals surface area contributed by atoms with Crippen molar-refractivity contribution in [2.75, 3.05) is 0 Å². The standard InChI is InChI=1S/C21H25N5O2/c1-5-17(20(27)22-15-8-9-15)26-21(28)19-18(13(3)23-26)14(4)25(24-19)16-10-6-12(2)7-11-16/h6-7,10-11,15,17H,5,8-9H2,1-4H3,(H,22,27)/t17-/m1/s1. The zero-order valence-electron chi connectivity index (χ0n) is 16.7. The molecule has 1 saturated carbocycles. The average Bonchev–Trinajstić information content (AvgIpc) is 3.41. The number of carbonyl (C=O) groups excluding carboxylic acids is 1. The van der Waals surface area contributed by atoms with Crippen LogP contribution in [0.5, 0.6) is 0 Å². The maximum atomic E-state index is 13.2. The van der Waals surface area contributed by atoms with Crippen molar-refractivity contribution in [2.24, 2.45) is 0 Å². The van der Waals surface area contributed by atoms with Gasteiger partial charge >= 0.3 is 0 Å². The fourth-order valence-corrected chi connectivity index (χ4v) is 3.59. The lowest BCUT2D eigenvalue weighted by molar-refractivity contribution is -0.124. The zero-order valence-corrected chi connectivity index (χ0v) is 16.7. The summed E-state index contributed by atoms with van der Waals surface area (Å²) in [4.78, 5) is 25.8. The van der Waals surface area contributed by atoms with Crippen LogP contribution in [0.3, 0.4) is 0 Å². The van der Waals surface area contributed by atoms with E-state index in [1.165, 1.54) is 4.68 Å². The van der Waals surface area contributed by atoms with Crippen molar-refractivity contribution in [1.82, 2.24) is 24.9 Å². The number of carbonyl (C=O) groups is 1. The molecule has 4 rings (SSSR count). The summed E-state index contributed by atoms with van der Waals surface area (Å²) in [7, 11) is 0. The maximum absolute atomic E-state index is 13.2. The molecule has 1 N–H and O–H groups in total. The summed E-state index contributed by atoms with van der Waals surface area (Å²) < 4.78 is 3.08. The minimum absolute atomic E-state index is 0.145. The number of hydrogen-bond acceptors (Lipinski definition) is 4. The summed E-state index contributed by atoms with van der Waals surface area (Å²) in [5.74, 6) is -0.145. The molecule has 1 atom stereocenters. The van der Waals surface area contributed by atoms with Gasteiger partial charge in [0.25, 0.3) is 5.56 Å². The van der Waals surface area contributed by atoms with Crippen molar-refractivity contribution in [1.29, 1.82) is 0 Å². The molecule has 3 aromatic rings. The predicted octanol–water partition coefficient (Wildman–Crippen LogP) is 2.74. The predicted molar refractivity (Wildman–Crippen MR) is 108 cm³/mol. The molecular weight excluding hydrogens is 354 g/mol. The SMILES string of the molecule is CC[C@H](C(=O)NC1CC1)n1nc(C)c2c(C)n(-c3ccc(C)cc3)nc2c1=O. The minimum Gasteiger partial charge on any atom is -0.352 e. The number of nitrogens with zero attached hydrogens (tertiary/aromatic N) is 4. The Kier molecular flexibility index (Phi) is 4.53. The van der Waals surface area contributed by atoms with Crippen LogP contribution in [0.2, 0.25) is 0 Å². The first kappa shape index (κ1) is 18.4. The van der Waals surface area contributed by atoms with Gasteiger partial charge < -0.3 is 5.32 Å². The summed E-state index contributed by atoms with van der Waals surface area (Å²) in [5.41, 5.74) is 3.64. The lowest BCUT2D eigenvalue weighted by Crippen LogP contribution is -2.39. The number of amides is 1. The summed E-state index contributed by atoms with van der Waals surface area (Å²) in [5, 5.41) is 12.8. The molecule has 1 aliphatic rings. The van der Waals surface area contributed by atoms with Gasteiger partial charge in [0.15, 0.2) is 5.52 Å². The van der Waals surface area contributed by atoms with Crippen molar-refractivity contribution in [2.45, 2.75) is 59.0 Å². The molecule has 28 heavy (non-hydrogen) atoms. The molecule has 7 heteroatoms. The third-order valence-electron chi connectivity index (χ3n) is 5.33. The van der Waals surface area contributed by atoms with Crippen LogP contribution in [-0.4, -0.2) is 31.5 Å². The van der Waals surface area contributed by atoms with Gasteiger partial charge in [0.05, 0.1) is 22.5 Å². The van der Waals surface area contributed by atoms with Gasteiger partial charge in [0.2, 0.25) is 5.91 Å². The number of aryl methyl sites for hydroxylation is 3. The van der Waals surface area contributed by atoms with Gasteiger partial charge in [0, 0.05) is 6.04 Å². The highest BCUT2D eigenvalue weighted by Gasteiger charge is 2.30. The molecular formula is C21H25N5O2. The normalized spacial score (nSPS) is 15.0. The molecule has 2 aromatic heterocycles. The molecule has 1 aliphatic carbocycles. The van der Waals surface area contributed by atoms with Crippen molar-refractivity contribution >= 4 is 16.8 Å². The van der Waals surface area contributed by atoms with Crippen molar-refractivity contribution in [3.05, 3.63) is 51.6 Å². The molecule has 1 amide bonds. The topological polar surface area (TPSA) is 81.8 Å². The van der Waals surface area contributed by atoms with Crippen LogP contribution < -0.4 is 10.9 Å². The molecule has 146 valence electrons. The molecule has 0 saturated heterocycles. The highest BCUT2D eigenvalue weighted by Crippen LogP contribution is 2.23. The molecule has 0 aliphatic heterocycles. The summed E-state index contributed by atoms with van der Waals surface area (Å²) in [6.07, 6.45) is 2.50. The Balaban J connectivity index is 1.84. The molecule has 0 radical (unpaired) electrons. The molecule has 1 fully saturated rings. The molecule has 0 spiro atoms. The highest BCUT2D eigenvalue weighted by molar-refractivity contribution is 5.84. The van der Waals surface area contributed by atoms with E-state index in [2.05, 4.69) is 15.5 Å². The van der Waals surface area contributed by atoms with E-state index in [0.29, 0.717) is 17.6 Å². The van der Waals surface area contributed by atoms with Crippen LogP contribution >= 0.6 is 0 Å². The number of hydrogen-bond donors (Lipinski definition) is 1. The third-order valence-corrected chi connectivity index (χ3v) is 5.33. The maximum Gasteiger partial charge on any atom is 0.295 e. The van der Waals surface area contributed by atoms with Crippen molar-refractivity contribution < 1.29 is 4.79 Å². The van der Waals surface area contributed by atoms with Gasteiger partial charge in [-0.1, -0.05) is 24.6 Å². The Morgan fingerprint density at radius 3 is 2.46 bits per heavy atom. The molecule has 7 nitrogen and oxygen atoms in total. The smallest absolute Gasteiger partial charge is 0.295 e. The van der Waals surface area contributed by atoms with E-state index in [9.17, 15) is 9.59 Å². The van der Waals surface area contributed by atoms with Gasteiger partial charge in [0.1, 0.15) is 6.04 Å². The van der Waals surface area contributed by atoms with Gasteiger partial charge in [-0.05, 0) is 52.2 Å². The van der Waals surface area contributed by atoms with E-state index in [4.69, 9.17) is 0 Å². The Morgan fingerprint density at radius 2 is 1.86 bits per heavy atom. The van der Waals surface area contributed by atoms with Gasteiger partial charge in [-0.2, -0.15) is 10.2 Å². The Bertz CT molecular complexity index is 1110. The van der Waals surface area contributed by atoms with E-state index in [1.807, 2.05) is 52.0 Å². The first-order valence-corrected chi connectivity index (χ1v) is 9.77. The molecule has 2 heterocycles. The zero-order chi connectivity index (χ0) is 20.0. The van der Waals surface area contributed by atoms with E-state index in [-0.39, 0.29) is 17.5 Å². The second-order valence-electron chi connectivity index (χ2n) is 7.60. The van der Waals surface area contributed by atoms with Crippen LogP contribution in [0.15, 0.2) is 29.1 Å². The fourth-order valence-electron chi connectivity index (χ4n) is 3.59. The lowest BCUT2D eigenvalue weighted by Gasteiger charge is -2.17. The Hall–Kier alpha value is -2.96. The van der Waals surface area contributed by atoms with Crippen LogP contribution in [0, 0.1) is 20.8 Å². The van der Waals surface area contributed by atoms with Crippen LogP contribution in [0.1, 0.15) is 49.2 Å². The number of benzene rings is 1. The molecule has 1 aromatic carbocycles. The Labute approximate surface area is 163 Å².